The van der Waals surface area contributed by atoms with Crippen LogP contribution in [0.4, 0.5) is 0 Å². The number of para-hydroxylation sites is 1. The third-order valence-electron chi connectivity index (χ3n) is 3.11. The normalized spacial score (nSPS) is 10.7. The van der Waals surface area contributed by atoms with Gasteiger partial charge in [0.1, 0.15) is 12.4 Å². The summed E-state index contributed by atoms with van der Waals surface area (Å²) in [6, 6.07) is 20.4. The number of hydrogen-bond acceptors (Lipinski definition) is 3. The molecular weight excluding hydrogens is 248 g/mol. The van der Waals surface area contributed by atoms with Gasteiger partial charge in [0.05, 0.1) is 0 Å². The average molecular weight is 270 g/mol. The van der Waals surface area contributed by atoms with Crippen LogP contribution in [-0.2, 0) is 6.54 Å². The van der Waals surface area contributed by atoms with Crippen molar-refractivity contribution in [3.63, 3.8) is 0 Å². The molecule has 106 valence electrons. The van der Waals surface area contributed by atoms with Crippen molar-refractivity contribution in [2.45, 2.75) is 6.54 Å². The Morgan fingerprint density at radius 2 is 1.50 bits per heavy atom. The van der Waals surface area contributed by atoms with E-state index in [0.29, 0.717) is 13.2 Å². The van der Waals surface area contributed by atoms with Crippen molar-refractivity contribution in [3.8, 4) is 5.75 Å². The number of nitrogens with two attached hydrogens (primary N) is 1. The van der Waals surface area contributed by atoms with Crippen LogP contribution < -0.4 is 10.5 Å². The van der Waals surface area contributed by atoms with Gasteiger partial charge in [-0.25, -0.2) is 0 Å². The summed E-state index contributed by atoms with van der Waals surface area (Å²) in [6.45, 7) is 4.01. The molecule has 2 N–H and O–H groups in total. The Morgan fingerprint density at radius 3 is 2.15 bits per heavy atom. The molecule has 0 saturated heterocycles. The van der Waals surface area contributed by atoms with Gasteiger partial charge in [-0.05, 0) is 17.7 Å². The third kappa shape index (κ3) is 5.03. The molecule has 0 aliphatic rings. The summed E-state index contributed by atoms with van der Waals surface area (Å²) in [4.78, 5) is 2.32. The molecule has 20 heavy (non-hydrogen) atoms. The van der Waals surface area contributed by atoms with E-state index in [1.54, 1.807) is 0 Å². The minimum atomic E-state index is 0.665. The molecule has 0 unspecified atom stereocenters. The second-order valence-electron chi connectivity index (χ2n) is 4.71. The minimum absolute atomic E-state index is 0.665. The van der Waals surface area contributed by atoms with E-state index in [-0.39, 0.29) is 0 Å². The predicted molar refractivity (Wildman–Crippen MR) is 82.7 cm³/mol. The van der Waals surface area contributed by atoms with E-state index in [4.69, 9.17) is 10.5 Å². The van der Waals surface area contributed by atoms with Crippen LogP contribution in [0.3, 0.4) is 0 Å². The van der Waals surface area contributed by atoms with E-state index < -0.39 is 0 Å². The first-order valence-corrected chi connectivity index (χ1v) is 7.02. The molecule has 0 bridgehead atoms. The van der Waals surface area contributed by atoms with E-state index in [9.17, 15) is 0 Å². The molecule has 2 aromatic rings. The summed E-state index contributed by atoms with van der Waals surface area (Å²) in [5.41, 5.74) is 6.99. The lowest BCUT2D eigenvalue weighted by Crippen LogP contribution is -2.32. The topological polar surface area (TPSA) is 38.5 Å². The van der Waals surface area contributed by atoms with Crippen molar-refractivity contribution >= 4 is 0 Å². The summed E-state index contributed by atoms with van der Waals surface area (Å²) in [6.07, 6.45) is 0. The summed E-state index contributed by atoms with van der Waals surface area (Å²) < 4.78 is 5.74. The van der Waals surface area contributed by atoms with Crippen molar-refractivity contribution in [2.24, 2.45) is 5.73 Å². The molecule has 0 aromatic heterocycles. The van der Waals surface area contributed by atoms with Crippen LogP contribution in [-0.4, -0.2) is 31.1 Å². The highest BCUT2D eigenvalue weighted by atomic mass is 16.5. The fourth-order valence-electron chi connectivity index (χ4n) is 2.10. The lowest BCUT2D eigenvalue weighted by molar-refractivity contribution is 0.206. The van der Waals surface area contributed by atoms with Gasteiger partial charge in [0.25, 0.3) is 0 Å². The van der Waals surface area contributed by atoms with Crippen LogP contribution in [0.1, 0.15) is 5.56 Å². The maximum absolute atomic E-state index is 5.74. The molecular formula is C17H22N2O. The van der Waals surface area contributed by atoms with Crippen molar-refractivity contribution in [1.29, 1.82) is 0 Å². The molecule has 0 aliphatic carbocycles. The van der Waals surface area contributed by atoms with Gasteiger partial charge < -0.3 is 10.5 Å². The minimum Gasteiger partial charge on any atom is -0.492 e. The zero-order valence-electron chi connectivity index (χ0n) is 11.7. The highest BCUT2D eigenvalue weighted by Crippen LogP contribution is 2.09. The molecule has 3 nitrogen and oxygen atoms in total. The molecule has 2 aromatic carbocycles. The largest absolute Gasteiger partial charge is 0.492 e. The first kappa shape index (κ1) is 14.6. The SMILES string of the molecule is NCCN(CCOc1ccccc1)Cc1ccccc1. The Hall–Kier alpha value is -1.84. The summed E-state index contributed by atoms with van der Waals surface area (Å²) in [5.74, 6) is 0.917. The van der Waals surface area contributed by atoms with Crippen LogP contribution in [0.2, 0.25) is 0 Å². The number of benzene rings is 2. The molecule has 0 amide bonds. The first-order chi connectivity index (χ1) is 9.88. The van der Waals surface area contributed by atoms with E-state index in [0.717, 1.165) is 25.4 Å². The fourth-order valence-corrected chi connectivity index (χ4v) is 2.10. The summed E-state index contributed by atoms with van der Waals surface area (Å²) in [7, 11) is 0. The Kier molecular flexibility index (Phi) is 6.08. The van der Waals surface area contributed by atoms with Gasteiger partial charge >= 0.3 is 0 Å². The number of rotatable bonds is 8. The molecule has 0 atom stereocenters. The Labute approximate surface area is 121 Å². The maximum Gasteiger partial charge on any atom is 0.119 e. The lowest BCUT2D eigenvalue weighted by atomic mass is 10.2. The Bertz CT molecular complexity index is 473. The van der Waals surface area contributed by atoms with Gasteiger partial charge in [-0.2, -0.15) is 0 Å². The standard InChI is InChI=1S/C17H22N2O/c18-11-12-19(15-16-7-3-1-4-8-16)13-14-20-17-9-5-2-6-10-17/h1-10H,11-15,18H2. The molecule has 0 heterocycles. The van der Waals surface area contributed by atoms with Gasteiger partial charge in [-0.15, -0.1) is 0 Å². The van der Waals surface area contributed by atoms with E-state index in [1.807, 2.05) is 36.4 Å². The quantitative estimate of drug-likeness (QED) is 0.801. The fraction of sp³-hybridized carbons (Fsp3) is 0.294. The zero-order valence-corrected chi connectivity index (χ0v) is 11.7. The molecule has 2 rings (SSSR count). The zero-order chi connectivity index (χ0) is 14.0. The van der Waals surface area contributed by atoms with Crippen LogP contribution in [0.15, 0.2) is 60.7 Å². The molecule has 0 saturated carbocycles. The molecule has 0 aliphatic heterocycles. The smallest absolute Gasteiger partial charge is 0.119 e. The summed E-state index contributed by atoms with van der Waals surface area (Å²) in [5, 5.41) is 0. The van der Waals surface area contributed by atoms with E-state index >= 15 is 0 Å². The lowest BCUT2D eigenvalue weighted by Gasteiger charge is -2.21. The number of ether oxygens (including phenoxy) is 1. The highest BCUT2D eigenvalue weighted by Gasteiger charge is 2.05. The van der Waals surface area contributed by atoms with Crippen molar-refractivity contribution in [3.05, 3.63) is 66.2 Å². The van der Waals surface area contributed by atoms with Crippen LogP contribution in [0, 0.1) is 0 Å². The third-order valence-corrected chi connectivity index (χ3v) is 3.11. The maximum atomic E-state index is 5.74. The van der Waals surface area contributed by atoms with Crippen molar-refractivity contribution < 1.29 is 4.74 Å². The number of hydrogen-bond donors (Lipinski definition) is 1. The molecule has 0 radical (unpaired) electrons. The van der Waals surface area contributed by atoms with Gasteiger partial charge in [-0.1, -0.05) is 48.5 Å². The van der Waals surface area contributed by atoms with E-state index in [1.165, 1.54) is 5.56 Å². The van der Waals surface area contributed by atoms with Gasteiger partial charge in [-0.3, -0.25) is 4.90 Å². The Morgan fingerprint density at radius 1 is 0.850 bits per heavy atom. The summed E-state index contributed by atoms with van der Waals surface area (Å²) >= 11 is 0. The molecule has 3 heteroatoms. The first-order valence-electron chi connectivity index (χ1n) is 7.02. The Balaban J connectivity index is 1.80. The second kappa shape index (κ2) is 8.35. The molecule has 0 fully saturated rings. The van der Waals surface area contributed by atoms with Gasteiger partial charge in [0.2, 0.25) is 0 Å². The average Bonchev–Trinajstić information content (AvgIpc) is 2.49. The van der Waals surface area contributed by atoms with Gasteiger partial charge in [0, 0.05) is 26.2 Å². The van der Waals surface area contributed by atoms with Crippen molar-refractivity contribution in [1.82, 2.24) is 4.90 Å². The van der Waals surface area contributed by atoms with E-state index in [2.05, 4.69) is 29.2 Å². The van der Waals surface area contributed by atoms with Crippen LogP contribution >= 0.6 is 0 Å². The predicted octanol–water partition coefficient (Wildman–Crippen LogP) is 2.53. The van der Waals surface area contributed by atoms with Crippen LogP contribution in [0.25, 0.3) is 0 Å². The monoisotopic (exact) mass is 270 g/mol. The van der Waals surface area contributed by atoms with Gasteiger partial charge in [0.15, 0.2) is 0 Å². The molecule has 0 spiro atoms. The highest BCUT2D eigenvalue weighted by molar-refractivity contribution is 5.20. The second-order valence-corrected chi connectivity index (χ2v) is 4.71. The number of nitrogens with zero attached hydrogens (tertiary/aromatic N) is 1. The van der Waals surface area contributed by atoms with Crippen molar-refractivity contribution in [2.75, 3.05) is 26.2 Å². The van der Waals surface area contributed by atoms with Crippen LogP contribution in [0.5, 0.6) is 5.75 Å².